The Balaban J connectivity index is 2.51. The molecule has 1 aliphatic heterocycles. The molecule has 1 unspecified atom stereocenters. The summed E-state index contributed by atoms with van der Waals surface area (Å²) in [5, 5.41) is 13.1. The molecule has 1 aromatic heterocycles. The highest BCUT2D eigenvalue weighted by atomic mass is 16.5. The monoisotopic (exact) mass is 212 g/mol. The molecule has 1 aromatic rings. The van der Waals surface area contributed by atoms with E-state index in [1.165, 1.54) is 7.11 Å². The summed E-state index contributed by atoms with van der Waals surface area (Å²) in [5.41, 5.74) is 1.41. The number of rotatable bonds is 2. The van der Waals surface area contributed by atoms with Crippen molar-refractivity contribution in [2.75, 3.05) is 13.7 Å². The van der Waals surface area contributed by atoms with E-state index in [4.69, 9.17) is 14.6 Å². The first kappa shape index (κ1) is 9.97. The maximum absolute atomic E-state index is 11.0. The molecule has 0 saturated carbocycles. The zero-order valence-electron chi connectivity index (χ0n) is 8.56. The Morgan fingerprint density at radius 1 is 1.73 bits per heavy atom. The Kier molecular flexibility index (Phi) is 2.36. The molecule has 0 spiro atoms. The van der Waals surface area contributed by atoms with Crippen molar-refractivity contribution in [2.45, 2.75) is 12.5 Å². The number of methoxy groups -OCH3 is 1. The zero-order chi connectivity index (χ0) is 11.0. The van der Waals surface area contributed by atoms with Gasteiger partial charge in [-0.05, 0) is 0 Å². The standard InChI is InChI=1S/C9H12N2O4/c1-11-7-5(8(10-11)14-2)3-15-4-6(7)9(12)13/h6H,3-4H2,1-2H3,(H,12,13). The van der Waals surface area contributed by atoms with Crippen molar-refractivity contribution in [1.82, 2.24) is 9.78 Å². The first-order valence-electron chi connectivity index (χ1n) is 4.55. The van der Waals surface area contributed by atoms with Crippen molar-refractivity contribution in [1.29, 1.82) is 0 Å². The van der Waals surface area contributed by atoms with E-state index in [1.54, 1.807) is 11.7 Å². The van der Waals surface area contributed by atoms with Crippen molar-refractivity contribution in [3.8, 4) is 5.88 Å². The molecule has 0 bridgehead atoms. The first-order valence-corrected chi connectivity index (χ1v) is 4.55. The third-order valence-electron chi connectivity index (χ3n) is 2.51. The van der Waals surface area contributed by atoms with E-state index in [2.05, 4.69) is 5.10 Å². The molecule has 6 nitrogen and oxygen atoms in total. The van der Waals surface area contributed by atoms with E-state index in [1.807, 2.05) is 0 Å². The summed E-state index contributed by atoms with van der Waals surface area (Å²) in [4.78, 5) is 11.0. The second kappa shape index (κ2) is 3.54. The molecule has 0 saturated heterocycles. The molecular formula is C9H12N2O4. The maximum Gasteiger partial charge on any atom is 0.314 e. The van der Waals surface area contributed by atoms with E-state index >= 15 is 0 Å². The van der Waals surface area contributed by atoms with Gasteiger partial charge in [-0.25, -0.2) is 0 Å². The summed E-state index contributed by atoms with van der Waals surface area (Å²) < 4.78 is 11.8. The predicted octanol–water partition coefficient (Wildman–Crippen LogP) is 0.127. The van der Waals surface area contributed by atoms with Gasteiger partial charge in [0.25, 0.3) is 0 Å². The summed E-state index contributed by atoms with van der Waals surface area (Å²) >= 11 is 0. The van der Waals surface area contributed by atoms with Gasteiger partial charge in [0, 0.05) is 7.05 Å². The minimum atomic E-state index is -0.901. The van der Waals surface area contributed by atoms with Crippen LogP contribution in [-0.2, 0) is 23.2 Å². The van der Waals surface area contributed by atoms with Gasteiger partial charge in [0.1, 0.15) is 5.92 Å². The molecule has 0 aromatic carbocycles. The number of aliphatic carboxylic acids is 1. The van der Waals surface area contributed by atoms with E-state index in [0.29, 0.717) is 18.2 Å². The molecule has 0 radical (unpaired) electrons. The Hall–Kier alpha value is -1.56. The molecule has 0 fully saturated rings. The third kappa shape index (κ3) is 1.46. The largest absolute Gasteiger partial charge is 0.481 e. The zero-order valence-corrected chi connectivity index (χ0v) is 8.56. The van der Waals surface area contributed by atoms with Gasteiger partial charge in [-0.2, -0.15) is 0 Å². The van der Waals surface area contributed by atoms with Crippen LogP contribution in [0.25, 0.3) is 0 Å². The summed E-state index contributed by atoms with van der Waals surface area (Å²) in [6.07, 6.45) is 0. The molecule has 0 aliphatic carbocycles. The normalized spacial score (nSPS) is 19.7. The molecular weight excluding hydrogens is 200 g/mol. The SMILES string of the molecule is COc1nn(C)c2c1COCC2C(=O)O. The fourth-order valence-electron chi connectivity index (χ4n) is 1.84. The van der Waals surface area contributed by atoms with E-state index in [-0.39, 0.29) is 6.61 Å². The lowest BCUT2D eigenvalue weighted by Crippen LogP contribution is -2.25. The highest BCUT2D eigenvalue weighted by Crippen LogP contribution is 2.32. The second-order valence-electron chi connectivity index (χ2n) is 3.40. The molecule has 2 rings (SSSR count). The second-order valence-corrected chi connectivity index (χ2v) is 3.40. The first-order chi connectivity index (χ1) is 7.15. The highest BCUT2D eigenvalue weighted by Gasteiger charge is 2.33. The van der Waals surface area contributed by atoms with Crippen LogP contribution in [0.2, 0.25) is 0 Å². The van der Waals surface area contributed by atoms with Gasteiger partial charge in [0.15, 0.2) is 0 Å². The van der Waals surface area contributed by atoms with Crippen LogP contribution in [-0.4, -0.2) is 34.6 Å². The minimum Gasteiger partial charge on any atom is -0.481 e. The van der Waals surface area contributed by atoms with Crippen LogP contribution in [0.5, 0.6) is 5.88 Å². The molecule has 0 amide bonds. The third-order valence-corrected chi connectivity index (χ3v) is 2.51. The van der Waals surface area contributed by atoms with Crippen LogP contribution in [0.4, 0.5) is 0 Å². The average Bonchev–Trinajstić information content (AvgIpc) is 2.55. The lowest BCUT2D eigenvalue weighted by Gasteiger charge is -2.20. The van der Waals surface area contributed by atoms with Gasteiger partial charge in [-0.15, -0.1) is 5.10 Å². The Bertz CT molecular complexity index is 399. The van der Waals surface area contributed by atoms with Gasteiger partial charge < -0.3 is 14.6 Å². The quantitative estimate of drug-likeness (QED) is 0.754. The fourth-order valence-corrected chi connectivity index (χ4v) is 1.84. The molecule has 82 valence electrons. The number of hydrogen-bond donors (Lipinski definition) is 1. The summed E-state index contributed by atoms with van der Waals surface area (Å²) in [6.45, 7) is 0.543. The van der Waals surface area contributed by atoms with Crippen molar-refractivity contribution in [3.05, 3.63) is 11.3 Å². The Morgan fingerprint density at radius 3 is 3.07 bits per heavy atom. The summed E-state index contributed by atoms with van der Waals surface area (Å²) in [5.74, 6) is -1.12. The number of ether oxygens (including phenoxy) is 2. The van der Waals surface area contributed by atoms with Crippen LogP contribution < -0.4 is 4.74 Å². The van der Waals surface area contributed by atoms with Gasteiger partial charge >= 0.3 is 5.97 Å². The number of nitrogens with zero attached hydrogens (tertiary/aromatic N) is 2. The van der Waals surface area contributed by atoms with Crippen LogP contribution in [0, 0.1) is 0 Å². The number of fused-ring (bicyclic) bond motifs is 1. The summed E-state index contributed by atoms with van der Waals surface area (Å²) in [6, 6.07) is 0. The molecule has 2 heterocycles. The number of aryl methyl sites for hydroxylation is 1. The lowest BCUT2D eigenvalue weighted by molar-refractivity contribution is -0.141. The van der Waals surface area contributed by atoms with Crippen molar-refractivity contribution >= 4 is 5.97 Å². The van der Waals surface area contributed by atoms with Gasteiger partial charge in [-0.3, -0.25) is 9.48 Å². The van der Waals surface area contributed by atoms with Gasteiger partial charge in [0.05, 0.1) is 31.6 Å². The number of hydrogen-bond acceptors (Lipinski definition) is 4. The van der Waals surface area contributed by atoms with E-state index in [9.17, 15) is 4.79 Å². The van der Waals surface area contributed by atoms with Gasteiger partial charge in [-0.1, -0.05) is 0 Å². The van der Waals surface area contributed by atoms with Crippen LogP contribution in [0.3, 0.4) is 0 Å². The van der Waals surface area contributed by atoms with Crippen LogP contribution in [0.15, 0.2) is 0 Å². The topological polar surface area (TPSA) is 73.6 Å². The van der Waals surface area contributed by atoms with Gasteiger partial charge in [0.2, 0.25) is 5.88 Å². The highest BCUT2D eigenvalue weighted by molar-refractivity contribution is 5.76. The number of carboxylic acid groups (broad SMARTS) is 1. The summed E-state index contributed by atoms with van der Waals surface area (Å²) in [7, 11) is 3.22. The molecule has 15 heavy (non-hydrogen) atoms. The van der Waals surface area contributed by atoms with Crippen molar-refractivity contribution < 1.29 is 19.4 Å². The van der Waals surface area contributed by atoms with Crippen molar-refractivity contribution in [2.24, 2.45) is 7.05 Å². The van der Waals surface area contributed by atoms with Crippen LogP contribution >= 0.6 is 0 Å². The smallest absolute Gasteiger partial charge is 0.314 e. The molecule has 1 atom stereocenters. The predicted molar refractivity (Wildman–Crippen MR) is 49.8 cm³/mol. The lowest BCUT2D eigenvalue weighted by atomic mass is 10.0. The molecule has 1 N–H and O–H groups in total. The van der Waals surface area contributed by atoms with Crippen molar-refractivity contribution in [3.63, 3.8) is 0 Å². The number of aromatic nitrogens is 2. The molecule has 6 heteroatoms. The van der Waals surface area contributed by atoms with E-state index < -0.39 is 11.9 Å². The fraction of sp³-hybridized carbons (Fsp3) is 0.556. The van der Waals surface area contributed by atoms with Crippen LogP contribution in [0.1, 0.15) is 17.2 Å². The van der Waals surface area contributed by atoms with E-state index in [0.717, 1.165) is 5.56 Å². The molecule has 1 aliphatic rings. The average molecular weight is 212 g/mol. The number of carboxylic acids is 1. The Labute approximate surface area is 86.4 Å². The minimum absolute atomic E-state index is 0.186. The Morgan fingerprint density at radius 2 is 2.47 bits per heavy atom. The maximum atomic E-state index is 11.0. The number of carbonyl (C=O) groups is 1.